The maximum absolute atomic E-state index is 14.2. The zero-order valence-electron chi connectivity index (χ0n) is 22.4. The number of hydrogen-bond donors (Lipinski definition) is 1. The van der Waals surface area contributed by atoms with E-state index in [9.17, 15) is 14.7 Å². The molecule has 0 bridgehead atoms. The fourth-order valence-electron chi connectivity index (χ4n) is 5.12. The third kappa shape index (κ3) is 4.82. The summed E-state index contributed by atoms with van der Waals surface area (Å²) in [5.41, 5.74) is 1.88. The van der Waals surface area contributed by atoms with E-state index in [4.69, 9.17) is 9.73 Å². The van der Waals surface area contributed by atoms with Crippen LogP contribution >= 0.6 is 43.2 Å². The molecule has 1 aliphatic rings. The van der Waals surface area contributed by atoms with Crippen LogP contribution in [-0.2, 0) is 4.79 Å². The number of benzene rings is 3. The van der Waals surface area contributed by atoms with Crippen LogP contribution in [0.1, 0.15) is 37.9 Å². The van der Waals surface area contributed by atoms with Gasteiger partial charge in [-0.1, -0.05) is 57.6 Å². The van der Waals surface area contributed by atoms with Crippen molar-refractivity contribution in [2.24, 2.45) is 4.99 Å². The Bertz CT molecular complexity index is 1870. The zero-order valence-corrected chi connectivity index (χ0v) is 26.4. The van der Waals surface area contributed by atoms with Gasteiger partial charge in [0.25, 0.3) is 11.5 Å². The highest BCUT2D eigenvalue weighted by atomic mass is 79.9. The Labute approximate surface area is 252 Å². The van der Waals surface area contributed by atoms with Crippen molar-refractivity contribution in [1.29, 1.82) is 0 Å². The lowest BCUT2D eigenvalue weighted by atomic mass is 9.90. The molecule has 10 heteroatoms. The molecule has 206 valence electrons. The number of amides is 1. The molecule has 5 rings (SSSR count). The largest absolute Gasteiger partial charge is 0.506 e. The van der Waals surface area contributed by atoms with Gasteiger partial charge in [0.15, 0.2) is 4.80 Å². The number of hydrogen-bond acceptors (Lipinski definition) is 6. The van der Waals surface area contributed by atoms with E-state index in [2.05, 4.69) is 31.9 Å². The van der Waals surface area contributed by atoms with E-state index in [1.807, 2.05) is 57.2 Å². The highest BCUT2D eigenvalue weighted by Crippen LogP contribution is 2.40. The molecule has 1 aliphatic heterocycles. The summed E-state index contributed by atoms with van der Waals surface area (Å²) in [6.07, 6.45) is 1.65. The van der Waals surface area contributed by atoms with Crippen LogP contribution in [0.5, 0.6) is 11.5 Å². The van der Waals surface area contributed by atoms with Crippen molar-refractivity contribution in [2.75, 3.05) is 20.2 Å². The minimum atomic E-state index is -0.768. The van der Waals surface area contributed by atoms with Crippen molar-refractivity contribution >= 4 is 66.0 Å². The van der Waals surface area contributed by atoms with Crippen LogP contribution < -0.4 is 19.6 Å². The van der Waals surface area contributed by atoms with Gasteiger partial charge in [0.05, 0.1) is 27.4 Å². The number of halogens is 2. The number of rotatable bonds is 6. The maximum atomic E-state index is 14.2. The molecule has 1 atom stereocenters. The summed E-state index contributed by atoms with van der Waals surface area (Å²) in [4.78, 5) is 35.2. The molecule has 3 aromatic carbocycles. The van der Waals surface area contributed by atoms with Gasteiger partial charge in [0, 0.05) is 28.7 Å². The molecule has 1 amide bonds. The number of aromatic hydroxyl groups is 1. The first-order chi connectivity index (χ1) is 19.2. The van der Waals surface area contributed by atoms with Crippen molar-refractivity contribution in [2.45, 2.75) is 26.8 Å². The molecule has 1 aromatic heterocycles. The second kappa shape index (κ2) is 11.3. The molecule has 0 unspecified atom stereocenters. The lowest BCUT2D eigenvalue weighted by Gasteiger charge is -2.30. The van der Waals surface area contributed by atoms with E-state index >= 15 is 0 Å². The summed E-state index contributed by atoms with van der Waals surface area (Å²) < 4.78 is 9.06. The number of phenols is 1. The predicted molar refractivity (Wildman–Crippen MR) is 166 cm³/mol. The minimum Gasteiger partial charge on any atom is -0.506 e. The first-order valence-corrected chi connectivity index (χ1v) is 15.2. The molecule has 4 aromatic rings. The van der Waals surface area contributed by atoms with Crippen molar-refractivity contribution in [3.63, 3.8) is 0 Å². The summed E-state index contributed by atoms with van der Waals surface area (Å²) in [5.74, 6) is 0.426. The van der Waals surface area contributed by atoms with Crippen LogP contribution in [-0.4, -0.2) is 40.7 Å². The topological polar surface area (TPSA) is 84.1 Å². The summed E-state index contributed by atoms with van der Waals surface area (Å²) in [6, 6.07) is 14.4. The first-order valence-electron chi connectivity index (χ1n) is 12.8. The van der Waals surface area contributed by atoms with Crippen molar-refractivity contribution in [3.05, 3.63) is 99.6 Å². The third-order valence-electron chi connectivity index (χ3n) is 7.07. The van der Waals surface area contributed by atoms with E-state index in [0.717, 1.165) is 20.8 Å². The van der Waals surface area contributed by atoms with Crippen LogP contribution in [0.25, 0.3) is 16.8 Å². The van der Waals surface area contributed by atoms with Gasteiger partial charge in [-0.3, -0.25) is 14.2 Å². The third-order valence-corrected chi connectivity index (χ3v) is 9.12. The van der Waals surface area contributed by atoms with E-state index in [1.54, 1.807) is 34.8 Å². The second-order valence-electron chi connectivity index (χ2n) is 9.29. The van der Waals surface area contributed by atoms with Crippen LogP contribution in [0.15, 0.2) is 78.5 Å². The van der Waals surface area contributed by atoms with Crippen LogP contribution in [0.2, 0.25) is 0 Å². The van der Waals surface area contributed by atoms with Gasteiger partial charge in [0.1, 0.15) is 17.5 Å². The number of phenolic OH excluding ortho intramolecular Hbond substituents is 1. The highest BCUT2D eigenvalue weighted by Gasteiger charge is 2.36. The second-order valence-corrected chi connectivity index (χ2v) is 12.1. The lowest BCUT2D eigenvalue weighted by Crippen LogP contribution is -2.43. The molecular weight excluding hydrogens is 658 g/mol. The van der Waals surface area contributed by atoms with Gasteiger partial charge in [-0.2, -0.15) is 0 Å². The standard InChI is InChI=1S/C30H27Br2N3O4S/c1-5-34(6-2)29(38)24-16(3)33-30-35(26(24)25-20-10-8-7-9-17(20)11-12-22(25)39-4)28(37)23(40-30)14-18-13-19(31)15-21(32)27(18)36/h7-15,26,36H,5-6H2,1-4H3/b23-14+/t26-/m1/s1. The number of likely N-dealkylation sites (N-methyl/N-ethyl adjacent to an activating group) is 1. The minimum absolute atomic E-state index is 0.0230. The molecule has 0 radical (unpaired) electrons. The predicted octanol–water partition coefficient (Wildman–Crippen LogP) is 5.50. The summed E-state index contributed by atoms with van der Waals surface area (Å²) >= 11 is 8.03. The van der Waals surface area contributed by atoms with Gasteiger partial charge < -0.3 is 14.7 Å². The Morgan fingerprint density at radius 1 is 1.18 bits per heavy atom. The van der Waals surface area contributed by atoms with E-state index in [1.165, 1.54) is 11.3 Å². The Hall–Kier alpha value is -3.21. The number of aromatic nitrogens is 1. The average molecular weight is 685 g/mol. The SMILES string of the molecule is CCN(CC)C(=O)C1=C(C)N=c2s/c(=C/c3cc(Br)cc(Br)c3O)c(=O)n2[C@H]1c1c(OC)ccc2ccccc12. The molecule has 0 aliphatic carbocycles. The summed E-state index contributed by atoms with van der Waals surface area (Å²) in [7, 11) is 1.59. The van der Waals surface area contributed by atoms with Crippen LogP contribution in [0, 0.1) is 0 Å². The molecule has 0 fully saturated rings. The smallest absolute Gasteiger partial charge is 0.271 e. The highest BCUT2D eigenvalue weighted by molar-refractivity contribution is 9.11. The molecule has 0 spiro atoms. The Morgan fingerprint density at radius 2 is 1.90 bits per heavy atom. The summed E-state index contributed by atoms with van der Waals surface area (Å²) in [5, 5.41) is 12.5. The van der Waals surface area contributed by atoms with Crippen molar-refractivity contribution < 1.29 is 14.6 Å². The Balaban J connectivity index is 1.87. The molecule has 2 heterocycles. The number of fused-ring (bicyclic) bond motifs is 2. The fraction of sp³-hybridized carbons (Fsp3) is 0.233. The molecule has 40 heavy (non-hydrogen) atoms. The zero-order chi connectivity index (χ0) is 28.7. The number of nitrogens with zero attached hydrogens (tertiary/aromatic N) is 3. The fourth-order valence-corrected chi connectivity index (χ4v) is 7.42. The molecule has 7 nitrogen and oxygen atoms in total. The first kappa shape index (κ1) is 28.3. The Morgan fingerprint density at radius 3 is 2.60 bits per heavy atom. The Kier molecular flexibility index (Phi) is 8.03. The van der Waals surface area contributed by atoms with E-state index in [0.29, 0.717) is 49.5 Å². The average Bonchev–Trinajstić information content (AvgIpc) is 3.24. The monoisotopic (exact) mass is 683 g/mol. The van der Waals surface area contributed by atoms with Gasteiger partial charge in [-0.15, -0.1) is 0 Å². The van der Waals surface area contributed by atoms with Gasteiger partial charge >= 0.3 is 0 Å². The number of carbonyl (C=O) groups is 1. The van der Waals surface area contributed by atoms with E-state index in [-0.39, 0.29) is 17.2 Å². The molecular formula is C30H27Br2N3O4S. The molecule has 0 saturated heterocycles. The van der Waals surface area contributed by atoms with Crippen molar-refractivity contribution in [3.8, 4) is 11.5 Å². The summed E-state index contributed by atoms with van der Waals surface area (Å²) in [6.45, 7) is 6.72. The van der Waals surface area contributed by atoms with Crippen LogP contribution in [0.4, 0.5) is 0 Å². The number of allylic oxidation sites excluding steroid dienone is 1. The molecule has 0 saturated carbocycles. The lowest BCUT2D eigenvalue weighted by molar-refractivity contribution is -0.127. The maximum Gasteiger partial charge on any atom is 0.271 e. The van der Waals surface area contributed by atoms with E-state index < -0.39 is 6.04 Å². The number of carbonyl (C=O) groups excluding carboxylic acids is 1. The normalized spacial score (nSPS) is 15.2. The van der Waals surface area contributed by atoms with Gasteiger partial charge in [-0.05, 0) is 71.7 Å². The molecule has 1 N–H and O–H groups in total. The van der Waals surface area contributed by atoms with Crippen LogP contribution in [0.3, 0.4) is 0 Å². The van der Waals surface area contributed by atoms with Gasteiger partial charge in [0.2, 0.25) is 0 Å². The van der Waals surface area contributed by atoms with Gasteiger partial charge in [-0.25, -0.2) is 4.99 Å². The number of thiazole rings is 1. The number of ether oxygens (including phenoxy) is 1. The number of methoxy groups -OCH3 is 1. The quantitative estimate of drug-likeness (QED) is 0.291. The van der Waals surface area contributed by atoms with Crippen molar-refractivity contribution in [1.82, 2.24) is 9.47 Å².